The molecule has 1 atom stereocenters. The van der Waals surface area contributed by atoms with Gasteiger partial charge in [-0.1, -0.05) is 11.3 Å². The van der Waals surface area contributed by atoms with E-state index < -0.39 is 0 Å². The summed E-state index contributed by atoms with van der Waals surface area (Å²) < 4.78 is 0. The fourth-order valence-electron chi connectivity index (χ4n) is 1.29. The number of carbonyl (C=O) groups is 1. The van der Waals surface area contributed by atoms with Crippen LogP contribution in [0.15, 0.2) is 6.33 Å². The van der Waals surface area contributed by atoms with Crippen LogP contribution in [0.5, 0.6) is 0 Å². The minimum atomic E-state index is -0.277. The predicted octanol–water partition coefficient (Wildman–Crippen LogP) is 0.579. The average molecular weight is 267 g/mol. The van der Waals surface area contributed by atoms with Crippen LogP contribution in [0, 0.1) is 0 Å². The van der Waals surface area contributed by atoms with Gasteiger partial charge in [0.1, 0.15) is 12.2 Å². The summed E-state index contributed by atoms with van der Waals surface area (Å²) in [7, 11) is 0. The molecule has 1 amide bonds. The van der Waals surface area contributed by atoms with E-state index in [9.17, 15) is 4.79 Å². The van der Waals surface area contributed by atoms with Crippen molar-refractivity contribution in [3.8, 4) is 0 Å². The quantitative estimate of drug-likeness (QED) is 0.731. The third-order valence-corrected chi connectivity index (χ3v) is 3.02. The lowest BCUT2D eigenvalue weighted by atomic mass is 10.3. The highest BCUT2D eigenvalue weighted by Crippen LogP contribution is 2.15. The Labute approximate surface area is 107 Å². The number of anilines is 1. The van der Waals surface area contributed by atoms with Crippen molar-refractivity contribution in [3.63, 3.8) is 0 Å². The summed E-state index contributed by atoms with van der Waals surface area (Å²) in [5.41, 5.74) is 0. The van der Waals surface area contributed by atoms with Gasteiger partial charge < -0.3 is 10.6 Å². The molecule has 18 heavy (non-hydrogen) atoms. The number of hydrogen-bond acceptors (Lipinski definition) is 7. The summed E-state index contributed by atoms with van der Waals surface area (Å²) in [5, 5.41) is 20.8. The molecule has 2 heterocycles. The molecule has 3 N–H and O–H groups in total. The number of aromatic nitrogens is 5. The van der Waals surface area contributed by atoms with E-state index in [4.69, 9.17) is 0 Å². The second-order valence-electron chi connectivity index (χ2n) is 3.51. The molecule has 0 aliphatic carbocycles. The topological polar surface area (TPSA) is 108 Å². The first-order chi connectivity index (χ1) is 8.70. The number of amides is 1. The maximum absolute atomic E-state index is 11.9. The van der Waals surface area contributed by atoms with E-state index in [1.807, 2.05) is 13.8 Å². The first-order valence-electron chi connectivity index (χ1n) is 5.44. The number of carbonyl (C=O) groups excluding carboxylic acids is 1. The normalized spacial score (nSPS) is 12.1. The molecule has 0 aliphatic heterocycles. The molecule has 9 heteroatoms. The predicted molar refractivity (Wildman–Crippen MR) is 66.3 cm³/mol. The van der Waals surface area contributed by atoms with Crippen LogP contribution in [0.3, 0.4) is 0 Å². The van der Waals surface area contributed by atoms with Crippen molar-refractivity contribution in [1.82, 2.24) is 30.7 Å². The van der Waals surface area contributed by atoms with E-state index in [0.29, 0.717) is 16.0 Å². The lowest BCUT2D eigenvalue weighted by Crippen LogP contribution is -2.27. The van der Waals surface area contributed by atoms with Crippen LogP contribution < -0.4 is 10.6 Å². The van der Waals surface area contributed by atoms with Gasteiger partial charge >= 0.3 is 0 Å². The Kier molecular flexibility index (Phi) is 3.82. The number of rotatable bonds is 5. The summed E-state index contributed by atoms with van der Waals surface area (Å²) in [6.45, 7) is 4.50. The highest BCUT2D eigenvalue weighted by atomic mass is 32.1. The van der Waals surface area contributed by atoms with Gasteiger partial charge in [-0.15, -0.1) is 10.2 Å². The Hall–Kier alpha value is -2.03. The van der Waals surface area contributed by atoms with Crippen molar-refractivity contribution in [2.24, 2.45) is 0 Å². The van der Waals surface area contributed by atoms with Crippen LogP contribution in [0.2, 0.25) is 0 Å². The van der Waals surface area contributed by atoms with Gasteiger partial charge in [-0.2, -0.15) is 5.10 Å². The average Bonchev–Trinajstić information content (AvgIpc) is 3.00. The van der Waals surface area contributed by atoms with E-state index in [0.717, 1.165) is 6.54 Å². The molecule has 2 aromatic heterocycles. The lowest BCUT2D eigenvalue weighted by Gasteiger charge is -2.08. The van der Waals surface area contributed by atoms with E-state index >= 15 is 0 Å². The highest BCUT2D eigenvalue weighted by molar-refractivity contribution is 7.17. The Morgan fingerprint density at radius 1 is 1.56 bits per heavy atom. The monoisotopic (exact) mass is 267 g/mol. The van der Waals surface area contributed by atoms with Gasteiger partial charge in [-0.3, -0.25) is 9.89 Å². The third-order valence-electron chi connectivity index (χ3n) is 2.14. The van der Waals surface area contributed by atoms with Crippen molar-refractivity contribution >= 4 is 22.4 Å². The van der Waals surface area contributed by atoms with Crippen molar-refractivity contribution in [2.75, 3.05) is 11.9 Å². The SMILES string of the molecule is CCNc1nnc(C(=O)NC(C)c2ncn[nH]2)s1. The fourth-order valence-corrected chi connectivity index (χ4v) is 2.00. The van der Waals surface area contributed by atoms with Gasteiger partial charge in [0.05, 0.1) is 6.04 Å². The summed E-state index contributed by atoms with van der Waals surface area (Å²) >= 11 is 1.21. The minimum absolute atomic E-state index is 0.258. The number of hydrogen-bond donors (Lipinski definition) is 3. The largest absolute Gasteiger partial charge is 0.360 e. The van der Waals surface area contributed by atoms with Crippen LogP contribution in [0.25, 0.3) is 0 Å². The Balaban J connectivity index is 1.98. The van der Waals surface area contributed by atoms with E-state index in [1.165, 1.54) is 17.7 Å². The van der Waals surface area contributed by atoms with Crippen LogP contribution in [0.1, 0.15) is 35.5 Å². The summed E-state index contributed by atoms with van der Waals surface area (Å²) in [6, 6.07) is -0.258. The molecule has 0 saturated heterocycles. The summed E-state index contributed by atoms with van der Waals surface area (Å²) in [6.07, 6.45) is 1.40. The zero-order valence-corrected chi connectivity index (χ0v) is 10.8. The molecule has 2 rings (SSSR count). The Bertz CT molecular complexity index is 509. The molecule has 0 radical (unpaired) electrons. The molecule has 8 nitrogen and oxygen atoms in total. The van der Waals surface area contributed by atoms with Crippen molar-refractivity contribution in [2.45, 2.75) is 19.9 Å². The first kappa shape index (κ1) is 12.4. The van der Waals surface area contributed by atoms with Gasteiger partial charge in [0.25, 0.3) is 5.91 Å². The van der Waals surface area contributed by atoms with E-state index in [2.05, 4.69) is 36.0 Å². The summed E-state index contributed by atoms with van der Waals surface area (Å²) in [4.78, 5) is 15.8. The van der Waals surface area contributed by atoms with Gasteiger partial charge in [-0.05, 0) is 13.8 Å². The molecule has 2 aromatic rings. The van der Waals surface area contributed by atoms with Gasteiger partial charge in [0.2, 0.25) is 10.1 Å². The third kappa shape index (κ3) is 2.80. The number of nitrogens with one attached hydrogen (secondary N) is 3. The molecule has 96 valence electrons. The first-order valence-corrected chi connectivity index (χ1v) is 6.26. The molecule has 0 fully saturated rings. The van der Waals surface area contributed by atoms with Crippen LogP contribution in [-0.4, -0.2) is 37.8 Å². The minimum Gasteiger partial charge on any atom is -0.360 e. The molecule has 0 aromatic carbocycles. The lowest BCUT2D eigenvalue weighted by molar-refractivity contribution is 0.0937. The molecular weight excluding hydrogens is 254 g/mol. The standard InChI is InChI=1S/C9H13N7OS/c1-3-10-9-16-15-8(18-9)7(17)13-5(2)6-11-4-12-14-6/h4-5H,3H2,1-2H3,(H,10,16)(H,13,17)(H,11,12,14). The number of aromatic amines is 1. The molecule has 1 unspecified atom stereocenters. The van der Waals surface area contributed by atoms with E-state index in [1.54, 1.807) is 0 Å². The van der Waals surface area contributed by atoms with Gasteiger partial charge in [-0.25, -0.2) is 4.98 Å². The molecule has 0 spiro atoms. The smallest absolute Gasteiger partial charge is 0.282 e. The highest BCUT2D eigenvalue weighted by Gasteiger charge is 2.17. The number of H-pyrrole nitrogens is 1. The van der Waals surface area contributed by atoms with Crippen molar-refractivity contribution in [3.05, 3.63) is 17.2 Å². The fraction of sp³-hybridized carbons (Fsp3) is 0.444. The zero-order chi connectivity index (χ0) is 13.0. The van der Waals surface area contributed by atoms with Crippen molar-refractivity contribution < 1.29 is 4.79 Å². The van der Waals surface area contributed by atoms with Crippen molar-refractivity contribution in [1.29, 1.82) is 0 Å². The van der Waals surface area contributed by atoms with E-state index in [-0.39, 0.29) is 11.9 Å². The molecule has 0 saturated carbocycles. The van der Waals surface area contributed by atoms with Crippen LogP contribution >= 0.6 is 11.3 Å². The Morgan fingerprint density at radius 3 is 3.06 bits per heavy atom. The second-order valence-corrected chi connectivity index (χ2v) is 4.49. The number of nitrogens with zero attached hydrogens (tertiary/aromatic N) is 4. The van der Waals surface area contributed by atoms with Gasteiger partial charge in [0, 0.05) is 6.54 Å². The Morgan fingerprint density at radius 2 is 2.39 bits per heavy atom. The maximum Gasteiger partial charge on any atom is 0.282 e. The van der Waals surface area contributed by atoms with Gasteiger partial charge in [0.15, 0.2) is 0 Å². The molecule has 0 aliphatic rings. The maximum atomic E-state index is 11.9. The summed E-state index contributed by atoms with van der Waals surface area (Å²) in [5.74, 6) is 0.320. The molecular formula is C9H13N7OS. The zero-order valence-electron chi connectivity index (χ0n) is 9.97. The molecule has 0 bridgehead atoms. The van der Waals surface area contributed by atoms with Crippen LogP contribution in [-0.2, 0) is 0 Å². The second kappa shape index (κ2) is 5.54. The van der Waals surface area contributed by atoms with Crippen LogP contribution in [0.4, 0.5) is 5.13 Å².